The molecule has 5 rings (SSSR count). The van der Waals surface area contributed by atoms with E-state index in [-0.39, 0.29) is 23.3 Å². The van der Waals surface area contributed by atoms with Crippen molar-refractivity contribution in [3.8, 4) is 22.8 Å². The zero-order valence-corrected chi connectivity index (χ0v) is 21.8. The molecule has 1 unspecified atom stereocenters. The number of fused-ring (bicyclic) bond motifs is 1. The van der Waals surface area contributed by atoms with Crippen molar-refractivity contribution in [1.82, 2.24) is 25.4 Å². The monoisotopic (exact) mass is 546 g/mol. The van der Waals surface area contributed by atoms with Crippen molar-refractivity contribution in [2.75, 3.05) is 39.7 Å². The Morgan fingerprint density at radius 3 is 2.54 bits per heavy atom. The lowest BCUT2D eigenvalue weighted by Gasteiger charge is -2.16. The van der Waals surface area contributed by atoms with Crippen molar-refractivity contribution < 1.29 is 14.4 Å². The van der Waals surface area contributed by atoms with Crippen LogP contribution in [0.4, 0.5) is 11.8 Å². The highest BCUT2D eigenvalue weighted by molar-refractivity contribution is 6.41. The topological polar surface area (TPSA) is 140 Å². The number of hydrazine groups is 1. The number of nitro groups is 1. The molecule has 2 aromatic heterocycles. The average Bonchev–Trinajstić information content (AvgIpc) is 3.63. The number of benzene rings is 1. The van der Waals surface area contributed by atoms with Gasteiger partial charge >= 0.3 is 0 Å². The summed E-state index contributed by atoms with van der Waals surface area (Å²) in [5.74, 6) is 2.10. The summed E-state index contributed by atoms with van der Waals surface area (Å²) < 4.78 is 10.8. The number of pyridine rings is 1. The van der Waals surface area contributed by atoms with Crippen molar-refractivity contribution in [3.05, 3.63) is 38.5 Å². The molecule has 14 heteroatoms. The normalized spacial score (nSPS) is 18.7. The first-order chi connectivity index (χ1) is 17.8. The van der Waals surface area contributed by atoms with Crippen molar-refractivity contribution in [2.45, 2.75) is 18.9 Å². The number of hydrogen-bond acceptors (Lipinski definition) is 10. The number of nitrogens with one attached hydrogen (secondary N) is 2. The van der Waals surface area contributed by atoms with E-state index in [2.05, 4.69) is 25.7 Å². The van der Waals surface area contributed by atoms with Crippen LogP contribution in [0.1, 0.15) is 12.8 Å². The molecule has 1 saturated carbocycles. The largest absolute Gasteiger partial charge is 0.495 e. The number of halogens is 2. The number of aliphatic imine (C=N–C) groups is 1. The van der Waals surface area contributed by atoms with Gasteiger partial charge in [-0.25, -0.2) is 20.0 Å². The van der Waals surface area contributed by atoms with Crippen LogP contribution in [0, 0.1) is 16.0 Å². The summed E-state index contributed by atoms with van der Waals surface area (Å²) in [4.78, 5) is 29.1. The standard InChI is InChI=1S/C23H24Cl2N8O4/c1-32-10-14(33(34)35)21(31-32)30-23-27-9-12-6-13(28-22(20(12)29-23)26-8-11-4-5-11)17-18(24)15(36-2)7-16(37-3)19(17)25/h6-7,9,11,14H,4-5,8,10H2,1-3H3,(H,26,28)(H,27,29,30,31). The molecule has 12 nitrogen and oxygen atoms in total. The fraction of sp³-hybridized carbons (Fsp3) is 0.391. The van der Waals surface area contributed by atoms with E-state index >= 15 is 0 Å². The molecule has 0 spiro atoms. The second-order valence-corrected chi connectivity index (χ2v) is 9.62. The molecule has 37 heavy (non-hydrogen) atoms. The number of methoxy groups -OCH3 is 2. The molecule has 0 radical (unpaired) electrons. The van der Waals surface area contributed by atoms with Crippen molar-refractivity contribution >= 4 is 51.7 Å². The quantitative estimate of drug-likeness (QED) is 0.315. The first-order valence-electron chi connectivity index (χ1n) is 11.5. The minimum absolute atomic E-state index is 0.0836. The second kappa shape index (κ2) is 10.1. The summed E-state index contributed by atoms with van der Waals surface area (Å²) >= 11 is 13.3. The Hall–Kier alpha value is -3.48. The van der Waals surface area contributed by atoms with E-state index in [0.717, 1.165) is 19.4 Å². The molecule has 1 saturated heterocycles. The van der Waals surface area contributed by atoms with Crippen LogP contribution in [-0.4, -0.2) is 71.1 Å². The molecule has 0 amide bonds. The molecule has 1 aromatic carbocycles. The van der Waals surface area contributed by atoms with Crippen molar-refractivity contribution in [1.29, 1.82) is 0 Å². The molecule has 1 aliphatic carbocycles. The van der Waals surface area contributed by atoms with E-state index in [4.69, 9.17) is 37.7 Å². The van der Waals surface area contributed by atoms with Gasteiger partial charge < -0.3 is 20.2 Å². The third kappa shape index (κ3) is 5.04. The molecule has 2 fully saturated rings. The van der Waals surface area contributed by atoms with Crippen LogP contribution in [0.3, 0.4) is 0 Å². The molecule has 1 aliphatic heterocycles. The Morgan fingerprint density at radius 2 is 1.92 bits per heavy atom. The number of hydrogen-bond donors (Lipinski definition) is 2. The summed E-state index contributed by atoms with van der Waals surface area (Å²) in [7, 11) is 4.72. The Bertz CT molecular complexity index is 1390. The predicted octanol–water partition coefficient (Wildman–Crippen LogP) is 3.96. The zero-order chi connectivity index (χ0) is 26.3. The average molecular weight is 547 g/mol. The number of ether oxygens (including phenoxy) is 2. The van der Waals surface area contributed by atoms with Gasteiger partial charge in [-0.2, -0.15) is 4.99 Å². The number of anilines is 1. The highest BCUT2D eigenvalue weighted by atomic mass is 35.5. The van der Waals surface area contributed by atoms with Crippen LogP contribution in [-0.2, 0) is 0 Å². The van der Waals surface area contributed by atoms with Gasteiger partial charge in [-0.1, -0.05) is 23.2 Å². The van der Waals surface area contributed by atoms with E-state index in [1.165, 1.54) is 14.2 Å². The summed E-state index contributed by atoms with van der Waals surface area (Å²) in [6.45, 7) is 0.905. The zero-order valence-electron chi connectivity index (χ0n) is 20.3. The van der Waals surface area contributed by atoms with Crippen LogP contribution in [0.2, 0.25) is 10.0 Å². The van der Waals surface area contributed by atoms with Gasteiger partial charge in [-0.05, 0) is 24.8 Å². The summed E-state index contributed by atoms with van der Waals surface area (Å²) in [6.07, 6.45) is 3.88. The van der Waals surface area contributed by atoms with Gasteiger partial charge in [0.15, 0.2) is 11.7 Å². The van der Waals surface area contributed by atoms with Gasteiger partial charge in [0.1, 0.15) is 17.0 Å². The van der Waals surface area contributed by atoms with Gasteiger partial charge in [-0.3, -0.25) is 10.1 Å². The highest BCUT2D eigenvalue weighted by Gasteiger charge is 2.36. The Morgan fingerprint density at radius 1 is 1.22 bits per heavy atom. The van der Waals surface area contributed by atoms with Crippen LogP contribution in [0.5, 0.6) is 11.5 Å². The van der Waals surface area contributed by atoms with Crippen LogP contribution >= 0.6 is 23.2 Å². The Kier molecular flexibility index (Phi) is 6.88. The van der Waals surface area contributed by atoms with Gasteiger partial charge in [0, 0.05) is 41.7 Å². The summed E-state index contributed by atoms with van der Waals surface area (Å²) in [5, 5.41) is 17.7. The second-order valence-electron chi connectivity index (χ2n) is 8.86. The van der Waals surface area contributed by atoms with E-state index < -0.39 is 6.04 Å². The highest BCUT2D eigenvalue weighted by Crippen LogP contribution is 2.46. The first-order valence-corrected chi connectivity index (χ1v) is 12.3. The van der Waals surface area contributed by atoms with Crippen molar-refractivity contribution in [3.63, 3.8) is 0 Å². The third-order valence-electron chi connectivity index (χ3n) is 6.18. The molecule has 2 aliphatic rings. The van der Waals surface area contributed by atoms with Gasteiger partial charge in [0.25, 0.3) is 12.0 Å². The first kappa shape index (κ1) is 25.2. The maximum Gasteiger partial charge on any atom is 0.284 e. The maximum atomic E-state index is 11.4. The van der Waals surface area contributed by atoms with Crippen LogP contribution in [0.15, 0.2) is 23.3 Å². The van der Waals surface area contributed by atoms with E-state index in [9.17, 15) is 10.1 Å². The van der Waals surface area contributed by atoms with Crippen LogP contribution < -0.4 is 20.2 Å². The number of likely N-dealkylation sites (N-methyl/N-ethyl adjacent to an activating group) is 1. The Balaban J connectivity index is 1.63. The van der Waals surface area contributed by atoms with E-state index in [1.54, 1.807) is 30.4 Å². The fourth-order valence-corrected chi connectivity index (χ4v) is 4.74. The summed E-state index contributed by atoms with van der Waals surface area (Å²) in [6, 6.07) is 2.38. The predicted molar refractivity (Wildman–Crippen MR) is 141 cm³/mol. The van der Waals surface area contributed by atoms with E-state index in [0.29, 0.717) is 55.4 Å². The Labute approximate surface area is 222 Å². The number of aromatic nitrogens is 3. The SMILES string of the molecule is COc1cc(OC)c(Cl)c(-c2cc3cnc(N=C4NN(C)CC4[N+](=O)[O-])nc3c(NCC3CC3)n2)c1Cl. The minimum atomic E-state index is -0.996. The molecule has 3 heterocycles. The lowest BCUT2D eigenvalue weighted by Crippen LogP contribution is -2.32. The molecule has 2 N–H and O–H groups in total. The number of rotatable bonds is 8. The molecular formula is C23H24Cl2N8O4. The molecule has 3 aromatic rings. The lowest BCUT2D eigenvalue weighted by molar-refractivity contribution is -0.500. The van der Waals surface area contributed by atoms with Gasteiger partial charge in [-0.15, -0.1) is 0 Å². The number of amidine groups is 1. The molecule has 0 bridgehead atoms. The molecular weight excluding hydrogens is 523 g/mol. The number of nitrogens with zero attached hydrogens (tertiary/aromatic N) is 6. The fourth-order valence-electron chi connectivity index (χ4n) is 4.04. The lowest BCUT2D eigenvalue weighted by atomic mass is 10.1. The third-order valence-corrected chi connectivity index (χ3v) is 6.93. The van der Waals surface area contributed by atoms with Crippen molar-refractivity contribution in [2.24, 2.45) is 10.9 Å². The summed E-state index contributed by atoms with van der Waals surface area (Å²) in [5.41, 5.74) is 4.34. The molecule has 194 valence electrons. The maximum absolute atomic E-state index is 11.4. The van der Waals surface area contributed by atoms with E-state index in [1.807, 2.05) is 0 Å². The van der Waals surface area contributed by atoms with Gasteiger partial charge in [0.05, 0.1) is 36.5 Å². The minimum Gasteiger partial charge on any atom is -0.495 e. The van der Waals surface area contributed by atoms with Gasteiger partial charge in [0.2, 0.25) is 0 Å². The smallest absolute Gasteiger partial charge is 0.284 e. The molecule has 1 atom stereocenters. The van der Waals surface area contributed by atoms with Crippen LogP contribution in [0.25, 0.3) is 22.2 Å².